The Morgan fingerprint density at radius 1 is 1.25 bits per heavy atom. The number of pyridine rings is 1. The van der Waals surface area contributed by atoms with Gasteiger partial charge in [-0.1, -0.05) is 20.8 Å². The highest BCUT2D eigenvalue weighted by atomic mass is 32.2. The van der Waals surface area contributed by atoms with Crippen molar-refractivity contribution in [1.29, 1.82) is 0 Å². The van der Waals surface area contributed by atoms with Crippen molar-refractivity contribution in [1.82, 2.24) is 29.3 Å². The summed E-state index contributed by atoms with van der Waals surface area (Å²) in [5.41, 5.74) is -0.0176. The van der Waals surface area contributed by atoms with E-state index in [9.17, 15) is 21.8 Å². The molecule has 0 saturated carbocycles. The molecule has 1 aliphatic heterocycles. The minimum absolute atomic E-state index is 0.0818. The van der Waals surface area contributed by atoms with Crippen LogP contribution < -0.4 is 14.4 Å². The molecule has 1 aliphatic rings. The lowest BCUT2D eigenvalue weighted by Crippen LogP contribution is -2.41. The summed E-state index contributed by atoms with van der Waals surface area (Å²) in [6, 6.07) is 4.57. The van der Waals surface area contributed by atoms with Gasteiger partial charge in [-0.05, 0) is 45.2 Å². The van der Waals surface area contributed by atoms with E-state index in [1.165, 1.54) is 47.6 Å². The number of ether oxygens (including phenoxy) is 1. The number of hydrogen-bond donors (Lipinski definition) is 1. The maximum absolute atomic E-state index is 13.4. The van der Waals surface area contributed by atoms with Gasteiger partial charge in [0, 0.05) is 42.9 Å². The number of rotatable bonds is 9. The molecule has 1 atom stereocenters. The molecule has 4 heterocycles. The van der Waals surface area contributed by atoms with Crippen molar-refractivity contribution in [3.63, 3.8) is 0 Å². The number of hydrogen-bond acceptors (Lipinski definition) is 8. The molecular formula is C25H34BF2N7O4S. The van der Waals surface area contributed by atoms with E-state index in [2.05, 4.69) is 21.8 Å². The van der Waals surface area contributed by atoms with Crippen LogP contribution in [0.5, 0.6) is 5.88 Å². The van der Waals surface area contributed by atoms with Gasteiger partial charge >= 0.3 is 7.27 Å². The first kappa shape index (κ1) is 29.5. The van der Waals surface area contributed by atoms with Gasteiger partial charge in [-0.15, -0.1) is 5.10 Å². The van der Waals surface area contributed by atoms with E-state index in [4.69, 9.17) is 9.72 Å². The highest BCUT2D eigenvalue weighted by Crippen LogP contribution is 2.38. The topological polar surface area (TPSA) is 124 Å². The van der Waals surface area contributed by atoms with Crippen LogP contribution in [0.4, 0.5) is 14.4 Å². The second kappa shape index (κ2) is 10.5. The Hall–Kier alpha value is -3.49. The molecule has 216 valence electrons. The van der Waals surface area contributed by atoms with Gasteiger partial charge in [0.1, 0.15) is 10.7 Å². The van der Waals surface area contributed by atoms with E-state index >= 15 is 0 Å². The summed E-state index contributed by atoms with van der Waals surface area (Å²) in [7, 11) is -5.16. The number of aryl methyl sites for hydroxylation is 2. The molecule has 0 aliphatic carbocycles. The van der Waals surface area contributed by atoms with Crippen LogP contribution in [0, 0.1) is 12.8 Å². The number of carbonyl (C=O) groups excluding carboxylic acids is 1. The van der Waals surface area contributed by atoms with E-state index in [0.717, 1.165) is 6.42 Å². The molecule has 1 amide bonds. The maximum atomic E-state index is 13.4. The van der Waals surface area contributed by atoms with Crippen molar-refractivity contribution in [3.8, 4) is 11.7 Å². The van der Waals surface area contributed by atoms with Crippen molar-refractivity contribution < 1.29 is 26.6 Å². The van der Waals surface area contributed by atoms with E-state index in [-0.39, 0.29) is 34.2 Å². The molecule has 0 aromatic carbocycles. The third-order valence-corrected chi connectivity index (χ3v) is 8.33. The third kappa shape index (κ3) is 5.98. The lowest BCUT2D eigenvalue weighted by Gasteiger charge is -2.34. The van der Waals surface area contributed by atoms with Crippen LogP contribution in [0.1, 0.15) is 57.1 Å². The zero-order valence-electron chi connectivity index (χ0n) is 23.6. The van der Waals surface area contributed by atoms with Crippen LogP contribution in [0.3, 0.4) is 0 Å². The predicted octanol–water partition coefficient (Wildman–Crippen LogP) is 3.64. The van der Waals surface area contributed by atoms with Gasteiger partial charge in [0.2, 0.25) is 5.88 Å². The number of sulfonamides is 1. The number of nitrogens with one attached hydrogen (secondary N) is 1. The lowest BCUT2D eigenvalue weighted by atomic mass is 9.65. The first-order valence-corrected chi connectivity index (χ1v) is 14.3. The van der Waals surface area contributed by atoms with Gasteiger partial charge in [-0.2, -0.15) is 5.10 Å². The molecular weight excluding hydrogens is 543 g/mol. The standard InChI is InChI=1S/C25H34BF2N7O4S/c1-16-12-25(5,6)34(13-16)22-18(23(36)32-40(37,38)19-14-33(7)30-17(19)2)8-9-20(29-22)35-11-10-21(31-35)39-15-24(3,4)26(27)28/h8-11,14,16H,12-13,15H2,1-7H3,(H,32,36). The summed E-state index contributed by atoms with van der Waals surface area (Å²) < 4.78 is 62.9. The fourth-order valence-electron chi connectivity index (χ4n) is 4.82. The van der Waals surface area contributed by atoms with Gasteiger partial charge in [0.15, 0.2) is 5.82 Å². The smallest absolute Gasteiger partial charge is 0.477 e. The van der Waals surface area contributed by atoms with E-state index in [1.807, 2.05) is 18.7 Å². The van der Waals surface area contributed by atoms with Crippen LogP contribution >= 0.6 is 0 Å². The number of amides is 1. The largest absolute Gasteiger partial charge is 0.547 e. The molecule has 1 unspecified atom stereocenters. The molecule has 40 heavy (non-hydrogen) atoms. The fraction of sp³-hybridized carbons (Fsp3) is 0.520. The van der Waals surface area contributed by atoms with Crippen LogP contribution in [-0.4, -0.2) is 64.8 Å². The van der Waals surface area contributed by atoms with E-state index in [1.54, 1.807) is 20.2 Å². The zero-order valence-corrected chi connectivity index (χ0v) is 24.5. The maximum Gasteiger partial charge on any atom is 0.547 e. The van der Waals surface area contributed by atoms with Gasteiger partial charge in [-0.3, -0.25) is 18.1 Å². The predicted molar refractivity (Wildman–Crippen MR) is 147 cm³/mol. The molecule has 1 fully saturated rings. The average molecular weight is 577 g/mol. The van der Waals surface area contributed by atoms with Crippen molar-refractivity contribution >= 4 is 29.0 Å². The van der Waals surface area contributed by atoms with E-state index < -0.39 is 28.5 Å². The van der Waals surface area contributed by atoms with Crippen LogP contribution in [-0.2, 0) is 17.1 Å². The number of halogens is 2. The van der Waals surface area contributed by atoms with E-state index in [0.29, 0.717) is 24.1 Å². The second-order valence-electron chi connectivity index (χ2n) is 11.6. The quantitative estimate of drug-likeness (QED) is 0.383. The highest BCUT2D eigenvalue weighted by molar-refractivity contribution is 7.90. The summed E-state index contributed by atoms with van der Waals surface area (Å²) in [6.45, 7) is 10.9. The monoisotopic (exact) mass is 577 g/mol. The second-order valence-corrected chi connectivity index (χ2v) is 13.3. The minimum Gasteiger partial charge on any atom is -0.477 e. The average Bonchev–Trinajstić information content (AvgIpc) is 3.53. The molecule has 3 aromatic rings. The van der Waals surface area contributed by atoms with Crippen LogP contribution in [0.15, 0.2) is 35.5 Å². The van der Waals surface area contributed by atoms with Crippen molar-refractivity contribution in [3.05, 3.63) is 41.9 Å². The van der Waals surface area contributed by atoms with Crippen LogP contribution in [0.25, 0.3) is 5.82 Å². The summed E-state index contributed by atoms with van der Waals surface area (Å²) in [4.78, 5) is 20.0. The lowest BCUT2D eigenvalue weighted by molar-refractivity contribution is 0.0981. The Kier molecular flexibility index (Phi) is 7.73. The minimum atomic E-state index is -4.20. The third-order valence-electron chi connectivity index (χ3n) is 6.90. The molecule has 4 rings (SSSR count). The molecule has 0 spiro atoms. The SMILES string of the molecule is Cc1nn(C)cc1S(=O)(=O)NC(=O)c1ccc(-n2ccc(OCC(C)(C)B(F)F)n2)nc1N1CC(C)CC1(C)C. The summed E-state index contributed by atoms with van der Waals surface area (Å²) in [6.07, 6.45) is 3.75. The molecule has 15 heteroatoms. The number of aromatic nitrogens is 5. The number of anilines is 1. The number of carbonyl (C=O) groups is 1. The van der Waals surface area contributed by atoms with Crippen molar-refractivity contribution in [2.24, 2.45) is 13.0 Å². The summed E-state index contributed by atoms with van der Waals surface area (Å²) in [5.74, 6) is 0.273. The highest BCUT2D eigenvalue weighted by Gasteiger charge is 2.40. The molecule has 0 bridgehead atoms. The van der Waals surface area contributed by atoms with Gasteiger partial charge in [-0.25, -0.2) is 22.8 Å². The van der Waals surface area contributed by atoms with Gasteiger partial charge in [0.25, 0.3) is 15.9 Å². The zero-order chi connectivity index (χ0) is 29.6. The Morgan fingerprint density at radius 2 is 1.95 bits per heavy atom. The van der Waals surface area contributed by atoms with Crippen LogP contribution in [0.2, 0.25) is 5.31 Å². The van der Waals surface area contributed by atoms with Crippen molar-refractivity contribution in [2.45, 2.75) is 63.7 Å². The normalized spacial score (nSPS) is 17.2. The fourth-order valence-corrected chi connectivity index (χ4v) is 6.00. The molecule has 11 nitrogen and oxygen atoms in total. The first-order valence-electron chi connectivity index (χ1n) is 12.8. The summed E-state index contributed by atoms with van der Waals surface area (Å²) in [5, 5.41) is 7.02. The first-order chi connectivity index (χ1) is 18.5. The molecule has 1 N–H and O–H groups in total. The Labute approximate surface area is 233 Å². The number of nitrogens with zero attached hydrogens (tertiary/aromatic N) is 6. The molecule has 3 aromatic heterocycles. The molecule has 0 radical (unpaired) electrons. The Balaban J connectivity index is 1.68. The molecule has 1 saturated heterocycles. The van der Waals surface area contributed by atoms with Gasteiger partial charge < -0.3 is 9.64 Å². The Morgan fingerprint density at radius 3 is 2.52 bits per heavy atom. The van der Waals surface area contributed by atoms with Crippen molar-refractivity contribution in [2.75, 3.05) is 18.1 Å². The van der Waals surface area contributed by atoms with Gasteiger partial charge in [0.05, 0.1) is 17.9 Å². The Bertz CT molecular complexity index is 1520. The summed E-state index contributed by atoms with van der Waals surface area (Å²) >= 11 is 0.